The molecule has 0 amide bonds. The number of anilines is 1. The van der Waals surface area contributed by atoms with Crippen molar-refractivity contribution in [3.8, 4) is 11.4 Å². The summed E-state index contributed by atoms with van der Waals surface area (Å²) in [6, 6.07) is 6.03. The Bertz CT molecular complexity index is 780. The van der Waals surface area contributed by atoms with Gasteiger partial charge in [0, 0.05) is 35.8 Å². The van der Waals surface area contributed by atoms with E-state index in [1.165, 1.54) is 0 Å². The van der Waals surface area contributed by atoms with Crippen molar-refractivity contribution < 1.29 is 0 Å². The highest BCUT2D eigenvalue weighted by Gasteiger charge is 2.09. The number of rotatable bonds is 5. The lowest BCUT2D eigenvalue weighted by Crippen LogP contribution is -2.11. The van der Waals surface area contributed by atoms with Crippen LogP contribution >= 0.6 is 0 Å². The third-order valence-corrected chi connectivity index (χ3v) is 3.42. The summed E-state index contributed by atoms with van der Waals surface area (Å²) in [5.41, 5.74) is 1.84. The third-order valence-electron chi connectivity index (χ3n) is 3.42. The van der Waals surface area contributed by atoms with Crippen molar-refractivity contribution in [2.75, 3.05) is 5.32 Å². The molecule has 0 unspecified atom stereocenters. The standard InChI is InChI=1S/C16H19N7/c1-11(2)23-10-19-22-15(23)9-18-14-8-12(3)20-16(21-14)13-4-6-17-7-5-13/h4-8,10-11H,9H2,1-3H3,(H,18,20,21). The lowest BCUT2D eigenvalue weighted by molar-refractivity contribution is 0.572. The normalized spacial score (nSPS) is 11.0. The predicted molar refractivity (Wildman–Crippen MR) is 87.7 cm³/mol. The van der Waals surface area contributed by atoms with Gasteiger partial charge in [0.2, 0.25) is 0 Å². The number of aromatic nitrogens is 6. The second kappa shape index (κ2) is 6.51. The van der Waals surface area contributed by atoms with Crippen LogP contribution in [0.3, 0.4) is 0 Å². The molecule has 1 N–H and O–H groups in total. The van der Waals surface area contributed by atoms with Crippen LogP contribution in [0.25, 0.3) is 11.4 Å². The summed E-state index contributed by atoms with van der Waals surface area (Å²) in [6.45, 7) is 6.71. The van der Waals surface area contributed by atoms with Crippen molar-refractivity contribution in [2.45, 2.75) is 33.4 Å². The summed E-state index contributed by atoms with van der Waals surface area (Å²) in [5.74, 6) is 2.32. The lowest BCUT2D eigenvalue weighted by Gasteiger charge is -2.12. The van der Waals surface area contributed by atoms with Crippen LogP contribution in [0.4, 0.5) is 5.82 Å². The van der Waals surface area contributed by atoms with E-state index in [0.29, 0.717) is 18.4 Å². The van der Waals surface area contributed by atoms with Crippen LogP contribution in [0, 0.1) is 6.92 Å². The Labute approximate surface area is 134 Å². The highest BCUT2D eigenvalue weighted by atomic mass is 15.3. The average molecular weight is 309 g/mol. The van der Waals surface area contributed by atoms with Crippen molar-refractivity contribution in [3.05, 3.63) is 48.4 Å². The van der Waals surface area contributed by atoms with Gasteiger partial charge in [-0.3, -0.25) is 4.98 Å². The highest BCUT2D eigenvalue weighted by Crippen LogP contribution is 2.17. The van der Waals surface area contributed by atoms with Crippen molar-refractivity contribution in [1.29, 1.82) is 0 Å². The first-order chi connectivity index (χ1) is 11.1. The molecule has 3 rings (SSSR count). The van der Waals surface area contributed by atoms with Crippen molar-refractivity contribution in [3.63, 3.8) is 0 Å². The largest absolute Gasteiger partial charge is 0.363 e. The zero-order valence-electron chi connectivity index (χ0n) is 13.4. The van der Waals surface area contributed by atoms with Gasteiger partial charge in [-0.1, -0.05) is 0 Å². The molecule has 23 heavy (non-hydrogen) atoms. The maximum atomic E-state index is 4.57. The van der Waals surface area contributed by atoms with Gasteiger partial charge in [0.1, 0.15) is 12.1 Å². The maximum absolute atomic E-state index is 4.57. The van der Waals surface area contributed by atoms with Crippen LogP contribution in [0.15, 0.2) is 36.9 Å². The Kier molecular flexibility index (Phi) is 4.27. The molecule has 3 aromatic rings. The second-order valence-electron chi connectivity index (χ2n) is 5.56. The fourth-order valence-electron chi connectivity index (χ4n) is 2.28. The summed E-state index contributed by atoms with van der Waals surface area (Å²) in [7, 11) is 0. The van der Waals surface area contributed by atoms with E-state index >= 15 is 0 Å². The molecule has 0 spiro atoms. The van der Waals surface area contributed by atoms with Gasteiger partial charge in [0.15, 0.2) is 11.6 Å². The SMILES string of the molecule is Cc1cc(NCc2nncn2C(C)C)nc(-c2ccncc2)n1. The van der Waals surface area contributed by atoms with E-state index in [1.807, 2.05) is 29.7 Å². The van der Waals surface area contributed by atoms with Crippen molar-refractivity contribution in [2.24, 2.45) is 0 Å². The van der Waals surface area contributed by atoms with Crippen LogP contribution < -0.4 is 5.32 Å². The van der Waals surface area contributed by atoms with Crippen LogP contribution in [-0.4, -0.2) is 29.7 Å². The summed E-state index contributed by atoms with van der Waals surface area (Å²) in [4.78, 5) is 13.1. The number of nitrogens with one attached hydrogen (secondary N) is 1. The molecule has 3 aromatic heterocycles. The Morgan fingerprint density at radius 1 is 1.17 bits per heavy atom. The minimum absolute atomic E-state index is 0.321. The van der Waals surface area contributed by atoms with Gasteiger partial charge >= 0.3 is 0 Å². The zero-order chi connectivity index (χ0) is 16.2. The monoisotopic (exact) mass is 309 g/mol. The molecular formula is C16H19N7. The summed E-state index contributed by atoms with van der Waals surface area (Å²) in [5, 5.41) is 11.4. The smallest absolute Gasteiger partial charge is 0.161 e. The van der Waals surface area contributed by atoms with Crippen molar-refractivity contribution in [1.82, 2.24) is 29.7 Å². The number of aryl methyl sites for hydroxylation is 1. The Hall–Kier alpha value is -2.83. The molecule has 0 saturated heterocycles. The Balaban J connectivity index is 1.81. The molecule has 0 saturated carbocycles. The number of nitrogens with zero attached hydrogens (tertiary/aromatic N) is 6. The van der Waals surface area contributed by atoms with E-state index in [9.17, 15) is 0 Å². The van der Waals surface area contributed by atoms with E-state index in [1.54, 1.807) is 18.7 Å². The molecule has 0 fully saturated rings. The van der Waals surface area contributed by atoms with E-state index in [-0.39, 0.29) is 0 Å². The van der Waals surface area contributed by atoms with Gasteiger partial charge < -0.3 is 9.88 Å². The van der Waals surface area contributed by atoms with E-state index < -0.39 is 0 Å². The topological polar surface area (TPSA) is 81.4 Å². The first-order valence-corrected chi connectivity index (χ1v) is 7.52. The van der Waals surface area contributed by atoms with Gasteiger partial charge in [-0.05, 0) is 32.9 Å². The van der Waals surface area contributed by atoms with Crippen LogP contribution in [-0.2, 0) is 6.54 Å². The molecule has 0 aliphatic heterocycles. The zero-order valence-corrected chi connectivity index (χ0v) is 13.4. The fourth-order valence-corrected chi connectivity index (χ4v) is 2.28. The van der Waals surface area contributed by atoms with Crippen LogP contribution in [0.2, 0.25) is 0 Å². The van der Waals surface area contributed by atoms with Crippen molar-refractivity contribution >= 4 is 5.82 Å². The van der Waals surface area contributed by atoms with Gasteiger partial charge in [-0.2, -0.15) is 0 Å². The van der Waals surface area contributed by atoms with E-state index in [0.717, 1.165) is 22.9 Å². The third kappa shape index (κ3) is 3.50. The van der Waals surface area contributed by atoms with Crippen LogP contribution in [0.5, 0.6) is 0 Å². The fraction of sp³-hybridized carbons (Fsp3) is 0.312. The quantitative estimate of drug-likeness (QED) is 0.780. The molecule has 0 aliphatic rings. The molecular weight excluding hydrogens is 290 g/mol. The van der Waals surface area contributed by atoms with Crippen LogP contribution in [0.1, 0.15) is 31.4 Å². The maximum Gasteiger partial charge on any atom is 0.161 e. The molecule has 0 atom stereocenters. The number of pyridine rings is 1. The highest BCUT2D eigenvalue weighted by molar-refractivity contribution is 5.56. The molecule has 118 valence electrons. The van der Waals surface area contributed by atoms with Gasteiger partial charge in [0.25, 0.3) is 0 Å². The molecule has 0 aliphatic carbocycles. The minimum Gasteiger partial charge on any atom is -0.363 e. The molecule has 7 nitrogen and oxygen atoms in total. The molecule has 0 bridgehead atoms. The first kappa shape index (κ1) is 15.1. The molecule has 0 radical (unpaired) electrons. The lowest BCUT2D eigenvalue weighted by atomic mass is 10.2. The number of hydrogen-bond acceptors (Lipinski definition) is 6. The number of hydrogen-bond donors (Lipinski definition) is 1. The summed E-state index contributed by atoms with van der Waals surface area (Å²) >= 11 is 0. The minimum atomic E-state index is 0.321. The average Bonchev–Trinajstić information content (AvgIpc) is 3.02. The molecule has 7 heteroatoms. The van der Waals surface area contributed by atoms with Gasteiger partial charge in [0.05, 0.1) is 6.54 Å². The summed E-state index contributed by atoms with van der Waals surface area (Å²) < 4.78 is 2.03. The molecule has 3 heterocycles. The Morgan fingerprint density at radius 2 is 1.96 bits per heavy atom. The van der Waals surface area contributed by atoms with E-state index in [2.05, 4.69) is 44.3 Å². The van der Waals surface area contributed by atoms with Gasteiger partial charge in [-0.15, -0.1) is 10.2 Å². The van der Waals surface area contributed by atoms with E-state index in [4.69, 9.17) is 0 Å². The predicted octanol–water partition coefficient (Wildman–Crippen LogP) is 2.63. The van der Waals surface area contributed by atoms with Gasteiger partial charge in [-0.25, -0.2) is 9.97 Å². The summed E-state index contributed by atoms with van der Waals surface area (Å²) in [6.07, 6.45) is 5.22. The molecule has 0 aromatic carbocycles. The Morgan fingerprint density at radius 3 is 2.70 bits per heavy atom. The second-order valence-corrected chi connectivity index (χ2v) is 5.56. The first-order valence-electron chi connectivity index (χ1n) is 7.52.